The number of hydrogen-bond donors (Lipinski definition) is 2. The molecule has 0 radical (unpaired) electrons. The van der Waals surface area contributed by atoms with Crippen LogP contribution in [-0.4, -0.2) is 44.1 Å². The van der Waals surface area contributed by atoms with Crippen molar-refractivity contribution in [1.29, 1.82) is 0 Å². The molecule has 0 aliphatic heterocycles. The number of non-ortho nitro benzene ring substituents is 1. The number of rotatable bonds is 9. The molecule has 2 aromatic carbocycles. The molecule has 0 unspecified atom stereocenters. The summed E-state index contributed by atoms with van der Waals surface area (Å²) in [5.41, 5.74) is 1.05. The van der Waals surface area contributed by atoms with Gasteiger partial charge in [0.25, 0.3) is 11.6 Å². The number of carbonyl (C=O) groups excluding carboxylic acids is 2. The number of nitrogens with zero attached hydrogens (tertiary/aromatic N) is 1. The van der Waals surface area contributed by atoms with E-state index in [9.17, 15) is 19.7 Å². The van der Waals surface area contributed by atoms with E-state index in [2.05, 4.69) is 10.6 Å². The van der Waals surface area contributed by atoms with Gasteiger partial charge in [-0.15, -0.1) is 0 Å². The monoisotopic (exact) mass is 387 g/mol. The van der Waals surface area contributed by atoms with Crippen molar-refractivity contribution in [2.24, 2.45) is 0 Å². The maximum absolute atomic E-state index is 12.2. The first kappa shape index (κ1) is 20.7. The minimum atomic E-state index is -0.826. The van der Waals surface area contributed by atoms with Crippen LogP contribution in [0.15, 0.2) is 42.5 Å². The molecule has 28 heavy (non-hydrogen) atoms. The van der Waals surface area contributed by atoms with Gasteiger partial charge in [-0.2, -0.15) is 0 Å². The highest BCUT2D eigenvalue weighted by atomic mass is 16.6. The Labute approximate surface area is 161 Å². The highest BCUT2D eigenvalue weighted by Crippen LogP contribution is 2.22. The van der Waals surface area contributed by atoms with Gasteiger partial charge in [-0.3, -0.25) is 14.9 Å². The molecule has 0 saturated carbocycles. The molecule has 0 fully saturated rings. The smallest absolute Gasteiger partial charge is 0.341 e. The van der Waals surface area contributed by atoms with Gasteiger partial charge < -0.3 is 20.1 Å². The summed E-state index contributed by atoms with van der Waals surface area (Å²) in [6, 6.07) is 11.2. The Kier molecular flexibility index (Phi) is 7.32. The summed E-state index contributed by atoms with van der Waals surface area (Å²) in [5, 5.41) is 16.3. The van der Waals surface area contributed by atoms with Gasteiger partial charge >= 0.3 is 5.97 Å². The van der Waals surface area contributed by atoms with Crippen molar-refractivity contribution in [2.75, 3.05) is 32.6 Å². The molecule has 0 aliphatic carbocycles. The molecule has 9 nitrogen and oxygen atoms in total. The average molecular weight is 387 g/mol. The van der Waals surface area contributed by atoms with Crippen molar-refractivity contribution in [3.05, 3.63) is 63.7 Å². The molecule has 0 atom stereocenters. The zero-order chi connectivity index (χ0) is 20.5. The Balaban J connectivity index is 1.88. The van der Waals surface area contributed by atoms with Crippen LogP contribution in [0.1, 0.15) is 15.9 Å². The van der Waals surface area contributed by atoms with Crippen LogP contribution in [0.5, 0.6) is 5.75 Å². The van der Waals surface area contributed by atoms with E-state index >= 15 is 0 Å². The lowest BCUT2D eigenvalue weighted by Gasteiger charge is -2.10. The minimum Gasteiger partial charge on any atom is -0.496 e. The highest BCUT2D eigenvalue weighted by molar-refractivity contribution is 5.97. The Morgan fingerprint density at radius 1 is 1.18 bits per heavy atom. The summed E-state index contributed by atoms with van der Waals surface area (Å²) < 4.78 is 10.2. The van der Waals surface area contributed by atoms with Crippen molar-refractivity contribution in [2.45, 2.75) is 6.42 Å². The van der Waals surface area contributed by atoms with Gasteiger partial charge in [-0.1, -0.05) is 18.2 Å². The first-order chi connectivity index (χ1) is 13.5. The fourth-order valence-corrected chi connectivity index (χ4v) is 2.54. The van der Waals surface area contributed by atoms with Crippen LogP contribution in [0.4, 0.5) is 11.4 Å². The summed E-state index contributed by atoms with van der Waals surface area (Å²) in [6.45, 7) is -0.147. The van der Waals surface area contributed by atoms with Crippen LogP contribution in [-0.2, 0) is 16.0 Å². The molecule has 2 aromatic rings. The molecule has 2 N–H and O–H groups in total. The summed E-state index contributed by atoms with van der Waals surface area (Å²) in [7, 11) is 3.15. The first-order valence-electron chi connectivity index (χ1n) is 8.48. The highest BCUT2D eigenvalue weighted by Gasteiger charge is 2.18. The molecule has 0 bridgehead atoms. The lowest BCUT2D eigenvalue weighted by atomic mass is 10.1. The van der Waals surface area contributed by atoms with Gasteiger partial charge in [0.05, 0.1) is 17.6 Å². The second-order valence-corrected chi connectivity index (χ2v) is 5.72. The molecule has 148 valence electrons. The van der Waals surface area contributed by atoms with Crippen LogP contribution >= 0.6 is 0 Å². The zero-order valence-electron chi connectivity index (χ0n) is 15.6. The van der Waals surface area contributed by atoms with E-state index in [1.54, 1.807) is 14.2 Å². The van der Waals surface area contributed by atoms with Crippen molar-refractivity contribution >= 4 is 23.3 Å². The third kappa shape index (κ3) is 5.44. The third-order valence-electron chi connectivity index (χ3n) is 3.95. The van der Waals surface area contributed by atoms with Gasteiger partial charge in [0.15, 0.2) is 6.61 Å². The Bertz CT molecular complexity index is 868. The Morgan fingerprint density at radius 2 is 1.93 bits per heavy atom. The zero-order valence-corrected chi connectivity index (χ0v) is 15.6. The number of carbonyl (C=O) groups is 2. The number of nitrogens with one attached hydrogen (secondary N) is 2. The minimum absolute atomic E-state index is 0.0153. The second kappa shape index (κ2) is 9.91. The standard InChI is InChI=1S/C19H21N3O6/c1-20-16-8-7-14(22(25)26)11-15(16)19(24)28-12-18(23)21-10-9-13-5-3-4-6-17(13)27-2/h3-8,11,20H,9-10,12H2,1-2H3,(H,21,23). The summed E-state index contributed by atoms with van der Waals surface area (Å²) >= 11 is 0. The van der Waals surface area contributed by atoms with Crippen LogP contribution in [0.3, 0.4) is 0 Å². The predicted octanol–water partition coefficient (Wildman–Crippen LogP) is 2.16. The molecule has 2 rings (SSSR count). The van der Waals surface area contributed by atoms with Crippen LogP contribution < -0.4 is 15.4 Å². The summed E-state index contributed by atoms with van der Waals surface area (Å²) in [6.07, 6.45) is 0.554. The van der Waals surface area contributed by atoms with Crippen molar-refractivity contribution in [3.63, 3.8) is 0 Å². The van der Waals surface area contributed by atoms with Gasteiger partial charge in [0.2, 0.25) is 0 Å². The van der Waals surface area contributed by atoms with E-state index in [4.69, 9.17) is 9.47 Å². The van der Waals surface area contributed by atoms with Gasteiger partial charge in [-0.25, -0.2) is 4.79 Å². The quantitative estimate of drug-likeness (QED) is 0.384. The SMILES string of the molecule is CNc1ccc([N+](=O)[O-])cc1C(=O)OCC(=O)NCCc1ccccc1OC. The van der Waals surface area contributed by atoms with Crippen molar-refractivity contribution < 1.29 is 24.0 Å². The number of amides is 1. The molecule has 1 amide bonds. The number of benzene rings is 2. The molecule has 0 heterocycles. The maximum Gasteiger partial charge on any atom is 0.341 e. The fourth-order valence-electron chi connectivity index (χ4n) is 2.54. The number of para-hydroxylation sites is 1. The molecule has 0 saturated heterocycles. The number of anilines is 1. The Morgan fingerprint density at radius 3 is 2.61 bits per heavy atom. The van der Waals surface area contributed by atoms with Crippen molar-refractivity contribution in [1.82, 2.24) is 5.32 Å². The van der Waals surface area contributed by atoms with Gasteiger partial charge in [0, 0.05) is 31.4 Å². The van der Waals surface area contributed by atoms with E-state index in [1.807, 2.05) is 24.3 Å². The fraction of sp³-hybridized carbons (Fsp3) is 0.263. The number of ether oxygens (including phenoxy) is 2. The predicted molar refractivity (Wildman–Crippen MR) is 103 cm³/mol. The van der Waals surface area contributed by atoms with Crippen molar-refractivity contribution in [3.8, 4) is 5.75 Å². The lowest BCUT2D eigenvalue weighted by molar-refractivity contribution is -0.384. The number of methoxy groups -OCH3 is 1. The lowest BCUT2D eigenvalue weighted by Crippen LogP contribution is -2.30. The molecular weight excluding hydrogens is 366 g/mol. The van der Waals surface area contributed by atoms with Gasteiger partial charge in [-0.05, 0) is 24.1 Å². The number of hydrogen-bond acceptors (Lipinski definition) is 7. The largest absolute Gasteiger partial charge is 0.496 e. The Hall–Kier alpha value is -3.62. The first-order valence-corrected chi connectivity index (χ1v) is 8.48. The molecule has 9 heteroatoms. The van der Waals surface area contributed by atoms with Crippen LogP contribution in [0.2, 0.25) is 0 Å². The molecule has 0 spiro atoms. The average Bonchev–Trinajstić information content (AvgIpc) is 2.71. The summed E-state index contributed by atoms with van der Waals surface area (Å²) in [5.74, 6) is -0.568. The number of nitro benzene ring substituents is 1. The van der Waals surface area contributed by atoms with Gasteiger partial charge in [0.1, 0.15) is 5.75 Å². The third-order valence-corrected chi connectivity index (χ3v) is 3.95. The van der Waals surface area contributed by atoms with Crippen LogP contribution in [0, 0.1) is 10.1 Å². The summed E-state index contributed by atoms with van der Waals surface area (Å²) in [4.78, 5) is 34.4. The van der Waals surface area contributed by atoms with E-state index in [0.29, 0.717) is 18.7 Å². The van der Waals surface area contributed by atoms with E-state index in [1.165, 1.54) is 12.1 Å². The van der Waals surface area contributed by atoms with E-state index in [-0.39, 0.29) is 11.3 Å². The second-order valence-electron chi connectivity index (χ2n) is 5.72. The number of nitro groups is 1. The van der Waals surface area contributed by atoms with Crippen LogP contribution in [0.25, 0.3) is 0 Å². The molecule has 0 aliphatic rings. The van der Waals surface area contributed by atoms with E-state index in [0.717, 1.165) is 17.4 Å². The topological polar surface area (TPSA) is 120 Å². The van der Waals surface area contributed by atoms with E-state index < -0.39 is 23.4 Å². The number of esters is 1. The molecular formula is C19H21N3O6. The maximum atomic E-state index is 12.2. The molecule has 0 aromatic heterocycles. The normalized spacial score (nSPS) is 10.1.